The van der Waals surface area contributed by atoms with Crippen molar-refractivity contribution in [2.75, 3.05) is 0 Å². The van der Waals surface area contributed by atoms with E-state index in [-0.39, 0.29) is 6.04 Å². The lowest BCUT2D eigenvalue weighted by molar-refractivity contribution is 0.154. The lowest BCUT2D eigenvalue weighted by atomic mass is 10.1. The van der Waals surface area contributed by atoms with Crippen LogP contribution in [-0.2, 0) is 0 Å². The number of nitrogens with two attached hydrogens (primary N) is 1. The fraction of sp³-hybridized carbons (Fsp3) is 0.667. The van der Waals surface area contributed by atoms with Crippen LogP contribution < -0.4 is 5.73 Å². The van der Waals surface area contributed by atoms with Crippen LogP contribution in [0.2, 0.25) is 0 Å². The van der Waals surface area contributed by atoms with Crippen molar-refractivity contribution in [3.8, 4) is 0 Å². The van der Waals surface area contributed by atoms with Gasteiger partial charge in [0.05, 0.1) is 6.10 Å². The van der Waals surface area contributed by atoms with E-state index in [0.717, 1.165) is 0 Å². The quantitative estimate of drug-likeness (QED) is 0.519. The fourth-order valence-corrected chi connectivity index (χ4v) is 0.385. The Labute approximate surface area is 50.0 Å². The SMILES string of the molecule is C=CCC(O)[C@H](C)N. The molecular weight excluding hydrogens is 102 g/mol. The first-order valence-corrected chi connectivity index (χ1v) is 2.73. The molecule has 3 N–H and O–H groups in total. The Hall–Kier alpha value is -0.340. The smallest absolute Gasteiger partial charge is 0.0722 e. The van der Waals surface area contributed by atoms with Crippen molar-refractivity contribution in [1.29, 1.82) is 0 Å². The fourth-order valence-electron chi connectivity index (χ4n) is 0.385. The summed E-state index contributed by atoms with van der Waals surface area (Å²) in [5.41, 5.74) is 5.32. The van der Waals surface area contributed by atoms with Gasteiger partial charge in [0.2, 0.25) is 0 Å². The first-order chi connectivity index (χ1) is 3.68. The minimum absolute atomic E-state index is 0.145. The van der Waals surface area contributed by atoms with Gasteiger partial charge in [0.15, 0.2) is 0 Å². The van der Waals surface area contributed by atoms with E-state index in [0.29, 0.717) is 6.42 Å². The molecule has 48 valence electrons. The Kier molecular flexibility index (Phi) is 3.48. The van der Waals surface area contributed by atoms with Crippen molar-refractivity contribution >= 4 is 0 Å². The summed E-state index contributed by atoms with van der Waals surface area (Å²) in [7, 11) is 0. The third-order valence-corrected chi connectivity index (χ3v) is 1.02. The molecule has 2 atom stereocenters. The van der Waals surface area contributed by atoms with Gasteiger partial charge < -0.3 is 10.8 Å². The largest absolute Gasteiger partial charge is 0.391 e. The van der Waals surface area contributed by atoms with Crippen molar-refractivity contribution in [3.63, 3.8) is 0 Å². The van der Waals surface area contributed by atoms with Crippen molar-refractivity contribution in [2.24, 2.45) is 5.73 Å². The van der Waals surface area contributed by atoms with Gasteiger partial charge in [-0.05, 0) is 13.3 Å². The topological polar surface area (TPSA) is 46.2 Å². The maximum absolute atomic E-state index is 8.93. The average molecular weight is 115 g/mol. The predicted octanol–water partition coefficient (Wildman–Crippen LogP) is 0.271. The van der Waals surface area contributed by atoms with E-state index in [2.05, 4.69) is 6.58 Å². The zero-order valence-corrected chi connectivity index (χ0v) is 5.17. The van der Waals surface area contributed by atoms with Crippen molar-refractivity contribution < 1.29 is 5.11 Å². The van der Waals surface area contributed by atoms with Crippen molar-refractivity contribution in [3.05, 3.63) is 12.7 Å². The van der Waals surface area contributed by atoms with Crippen LogP contribution in [0, 0.1) is 0 Å². The summed E-state index contributed by atoms with van der Waals surface area (Å²) >= 11 is 0. The van der Waals surface area contributed by atoms with Gasteiger partial charge in [-0.15, -0.1) is 6.58 Å². The minimum atomic E-state index is -0.424. The van der Waals surface area contributed by atoms with Gasteiger partial charge in [0, 0.05) is 6.04 Å². The zero-order valence-electron chi connectivity index (χ0n) is 5.17. The second kappa shape index (κ2) is 3.64. The lowest BCUT2D eigenvalue weighted by Gasteiger charge is -2.10. The first kappa shape index (κ1) is 7.66. The van der Waals surface area contributed by atoms with Crippen LogP contribution in [0.25, 0.3) is 0 Å². The lowest BCUT2D eigenvalue weighted by Crippen LogP contribution is -2.30. The summed E-state index contributed by atoms with van der Waals surface area (Å²) in [6.07, 6.45) is 1.82. The molecule has 0 radical (unpaired) electrons. The zero-order chi connectivity index (χ0) is 6.57. The van der Waals surface area contributed by atoms with Gasteiger partial charge in [-0.2, -0.15) is 0 Å². The minimum Gasteiger partial charge on any atom is -0.391 e. The van der Waals surface area contributed by atoms with E-state index in [1.807, 2.05) is 0 Å². The standard InChI is InChI=1S/C6H13NO/c1-3-4-6(8)5(2)7/h3,5-6,8H,1,4,7H2,2H3/t5-,6?/m0/s1. The van der Waals surface area contributed by atoms with Crippen molar-refractivity contribution in [1.82, 2.24) is 0 Å². The van der Waals surface area contributed by atoms with E-state index in [1.54, 1.807) is 13.0 Å². The predicted molar refractivity (Wildman–Crippen MR) is 34.5 cm³/mol. The number of rotatable bonds is 3. The van der Waals surface area contributed by atoms with Crippen LogP contribution in [0.4, 0.5) is 0 Å². The van der Waals surface area contributed by atoms with E-state index in [1.165, 1.54) is 0 Å². The van der Waals surface area contributed by atoms with Crippen LogP contribution in [-0.4, -0.2) is 17.3 Å². The maximum atomic E-state index is 8.93. The number of hydrogen-bond donors (Lipinski definition) is 2. The molecule has 0 heterocycles. The summed E-state index contributed by atoms with van der Waals surface area (Å²) in [4.78, 5) is 0. The molecule has 0 fully saturated rings. The summed E-state index contributed by atoms with van der Waals surface area (Å²) in [5, 5.41) is 8.93. The molecule has 0 spiro atoms. The van der Waals surface area contributed by atoms with Crippen LogP contribution in [0.3, 0.4) is 0 Å². The second-order valence-electron chi connectivity index (χ2n) is 1.95. The van der Waals surface area contributed by atoms with Gasteiger partial charge in [-0.25, -0.2) is 0 Å². The number of aliphatic hydroxyl groups is 1. The first-order valence-electron chi connectivity index (χ1n) is 2.73. The van der Waals surface area contributed by atoms with Crippen molar-refractivity contribution in [2.45, 2.75) is 25.5 Å². The molecule has 1 unspecified atom stereocenters. The molecule has 0 saturated carbocycles. The van der Waals surface area contributed by atoms with Gasteiger partial charge in [0.25, 0.3) is 0 Å². The molecule has 0 aliphatic rings. The average Bonchev–Trinajstić information content (AvgIpc) is 1.67. The Bertz CT molecular complexity index is 70.9. The summed E-state index contributed by atoms with van der Waals surface area (Å²) < 4.78 is 0. The molecule has 0 bridgehead atoms. The Balaban J connectivity index is 3.30. The molecular formula is C6H13NO. The molecule has 0 aromatic rings. The molecule has 2 heteroatoms. The molecule has 0 aromatic heterocycles. The van der Waals surface area contributed by atoms with Gasteiger partial charge >= 0.3 is 0 Å². The van der Waals surface area contributed by atoms with Crippen LogP contribution >= 0.6 is 0 Å². The second-order valence-corrected chi connectivity index (χ2v) is 1.95. The Morgan fingerprint density at radius 1 is 1.88 bits per heavy atom. The van der Waals surface area contributed by atoms with Gasteiger partial charge in [0.1, 0.15) is 0 Å². The highest BCUT2D eigenvalue weighted by molar-refractivity contribution is 4.76. The van der Waals surface area contributed by atoms with E-state index >= 15 is 0 Å². The number of hydrogen-bond acceptors (Lipinski definition) is 2. The molecule has 0 amide bonds. The van der Waals surface area contributed by atoms with Gasteiger partial charge in [-0.3, -0.25) is 0 Å². The maximum Gasteiger partial charge on any atom is 0.0722 e. The molecule has 0 aliphatic heterocycles. The highest BCUT2D eigenvalue weighted by Gasteiger charge is 2.04. The Morgan fingerprint density at radius 3 is 2.50 bits per heavy atom. The molecule has 0 rings (SSSR count). The van der Waals surface area contributed by atoms with Crippen LogP contribution in [0.15, 0.2) is 12.7 Å². The third-order valence-electron chi connectivity index (χ3n) is 1.02. The molecule has 8 heavy (non-hydrogen) atoms. The van der Waals surface area contributed by atoms with E-state index in [4.69, 9.17) is 10.8 Å². The highest BCUT2D eigenvalue weighted by atomic mass is 16.3. The molecule has 0 aromatic carbocycles. The monoisotopic (exact) mass is 115 g/mol. The number of aliphatic hydroxyl groups excluding tert-OH is 1. The summed E-state index contributed by atoms with van der Waals surface area (Å²) in [5.74, 6) is 0. The highest BCUT2D eigenvalue weighted by Crippen LogP contribution is 1.94. The Morgan fingerprint density at radius 2 is 2.38 bits per heavy atom. The van der Waals surface area contributed by atoms with Gasteiger partial charge in [-0.1, -0.05) is 6.08 Å². The molecule has 0 aliphatic carbocycles. The third kappa shape index (κ3) is 2.77. The summed E-state index contributed by atoms with van der Waals surface area (Å²) in [6.45, 7) is 5.24. The van der Waals surface area contributed by atoms with Crippen LogP contribution in [0.5, 0.6) is 0 Å². The normalized spacial score (nSPS) is 17.4. The molecule has 0 saturated heterocycles. The van der Waals surface area contributed by atoms with Crippen LogP contribution in [0.1, 0.15) is 13.3 Å². The summed E-state index contributed by atoms with van der Waals surface area (Å²) in [6, 6.07) is -0.145. The molecule has 2 nitrogen and oxygen atoms in total. The van der Waals surface area contributed by atoms with E-state index < -0.39 is 6.10 Å². The van der Waals surface area contributed by atoms with E-state index in [9.17, 15) is 0 Å².